The number of aromatic nitrogens is 3. The van der Waals surface area contributed by atoms with Crippen LogP contribution >= 0.6 is 0 Å². The first kappa shape index (κ1) is 19.1. The smallest absolute Gasteiger partial charge is 0.339 e. The van der Waals surface area contributed by atoms with Gasteiger partial charge in [-0.3, -0.25) is 13.9 Å². The van der Waals surface area contributed by atoms with Gasteiger partial charge in [0.1, 0.15) is 5.65 Å². The monoisotopic (exact) mass is 393 g/mol. The molecule has 0 aliphatic heterocycles. The van der Waals surface area contributed by atoms with Crippen molar-refractivity contribution in [2.45, 2.75) is 39.2 Å². The molecule has 0 bridgehead atoms. The van der Waals surface area contributed by atoms with Crippen LogP contribution in [0.15, 0.2) is 39.9 Å². The van der Waals surface area contributed by atoms with Gasteiger partial charge in [0.05, 0.1) is 24.1 Å². The van der Waals surface area contributed by atoms with Gasteiger partial charge in [0.2, 0.25) is 0 Å². The van der Waals surface area contributed by atoms with E-state index < -0.39 is 17.2 Å². The summed E-state index contributed by atoms with van der Waals surface area (Å²) >= 11 is 0. The Balaban J connectivity index is 2.00. The van der Waals surface area contributed by atoms with Crippen molar-refractivity contribution in [2.24, 2.45) is 7.05 Å². The van der Waals surface area contributed by atoms with Crippen LogP contribution in [0.4, 0.5) is 0 Å². The fourth-order valence-electron chi connectivity index (χ4n) is 3.55. The minimum absolute atomic E-state index is 0.126. The molecule has 2 aromatic heterocycles. The number of hydrogen-bond donors (Lipinski definition) is 0. The summed E-state index contributed by atoms with van der Waals surface area (Å²) in [5.74, 6) is -0.308. The minimum atomic E-state index is -0.569. The van der Waals surface area contributed by atoms with Gasteiger partial charge in [0.15, 0.2) is 0 Å². The molecule has 7 heteroatoms. The first-order chi connectivity index (χ1) is 13.9. The van der Waals surface area contributed by atoms with E-state index in [1.807, 2.05) is 31.2 Å². The van der Waals surface area contributed by atoms with Crippen molar-refractivity contribution in [2.75, 3.05) is 6.61 Å². The van der Waals surface area contributed by atoms with Crippen molar-refractivity contribution in [3.63, 3.8) is 0 Å². The lowest BCUT2D eigenvalue weighted by Gasteiger charge is -2.14. The van der Waals surface area contributed by atoms with Crippen LogP contribution in [0.2, 0.25) is 0 Å². The van der Waals surface area contributed by atoms with Crippen LogP contribution in [-0.4, -0.2) is 26.7 Å². The molecular formula is C22H23N3O4. The van der Waals surface area contributed by atoms with Crippen LogP contribution in [0.5, 0.6) is 0 Å². The number of rotatable bonds is 5. The number of hydrogen-bond acceptors (Lipinski definition) is 5. The van der Waals surface area contributed by atoms with E-state index in [0.717, 1.165) is 34.2 Å². The van der Waals surface area contributed by atoms with Crippen LogP contribution in [-0.2, 0) is 18.3 Å². The largest absolute Gasteiger partial charge is 0.462 e. The van der Waals surface area contributed by atoms with Gasteiger partial charge >= 0.3 is 11.7 Å². The highest BCUT2D eigenvalue weighted by Crippen LogP contribution is 2.39. The lowest BCUT2D eigenvalue weighted by atomic mass is 10.1. The summed E-state index contributed by atoms with van der Waals surface area (Å²) in [6, 6.07) is 9.24. The summed E-state index contributed by atoms with van der Waals surface area (Å²) in [4.78, 5) is 43.5. The molecule has 3 aromatic rings. The predicted octanol–water partition coefficient (Wildman–Crippen LogP) is 2.51. The zero-order valence-electron chi connectivity index (χ0n) is 16.8. The Kier molecular flexibility index (Phi) is 4.82. The molecule has 0 radical (unpaired) electrons. The number of ether oxygens (including phenoxy) is 1. The van der Waals surface area contributed by atoms with E-state index in [0.29, 0.717) is 0 Å². The Hall–Kier alpha value is -3.22. The van der Waals surface area contributed by atoms with Crippen LogP contribution < -0.4 is 11.2 Å². The molecule has 4 rings (SSSR count). The topological polar surface area (TPSA) is 83.2 Å². The number of pyridine rings is 1. The zero-order chi connectivity index (χ0) is 20.7. The molecule has 0 N–H and O–H groups in total. The maximum atomic E-state index is 13.3. The Morgan fingerprint density at radius 2 is 1.97 bits per heavy atom. The third-order valence-electron chi connectivity index (χ3n) is 5.40. The van der Waals surface area contributed by atoms with E-state index in [-0.39, 0.29) is 35.7 Å². The average molecular weight is 393 g/mol. The molecular weight excluding hydrogens is 370 g/mol. The van der Waals surface area contributed by atoms with E-state index in [2.05, 4.69) is 4.98 Å². The van der Waals surface area contributed by atoms with Crippen molar-refractivity contribution < 1.29 is 9.53 Å². The summed E-state index contributed by atoms with van der Waals surface area (Å²) in [5, 5.41) is 0.128. The summed E-state index contributed by atoms with van der Waals surface area (Å²) in [7, 11) is 1.58. The fourth-order valence-corrected chi connectivity index (χ4v) is 3.55. The molecule has 29 heavy (non-hydrogen) atoms. The molecule has 2 heterocycles. The Bertz CT molecular complexity index is 1240. The van der Waals surface area contributed by atoms with Crippen molar-refractivity contribution in [3.8, 4) is 0 Å². The normalized spacial score (nSPS) is 13.6. The van der Waals surface area contributed by atoms with Gasteiger partial charge in [0, 0.05) is 18.7 Å². The molecule has 1 aliphatic carbocycles. The van der Waals surface area contributed by atoms with Crippen LogP contribution in [0.3, 0.4) is 0 Å². The van der Waals surface area contributed by atoms with Crippen molar-refractivity contribution in [1.29, 1.82) is 0 Å². The summed E-state index contributed by atoms with van der Waals surface area (Å²) in [5.41, 5.74) is 2.00. The van der Waals surface area contributed by atoms with Crippen molar-refractivity contribution in [3.05, 3.63) is 73.6 Å². The summed E-state index contributed by atoms with van der Waals surface area (Å²) < 4.78 is 7.70. The van der Waals surface area contributed by atoms with Gasteiger partial charge in [-0.1, -0.05) is 24.3 Å². The highest BCUT2D eigenvalue weighted by Gasteiger charge is 2.29. The van der Waals surface area contributed by atoms with E-state index >= 15 is 0 Å². The van der Waals surface area contributed by atoms with Crippen LogP contribution in [0.25, 0.3) is 11.0 Å². The van der Waals surface area contributed by atoms with Gasteiger partial charge < -0.3 is 4.74 Å². The van der Waals surface area contributed by atoms with Crippen LogP contribution in [0.1, 0.15) is 52.9 Å². The maximum absolute atomic E-state index is 13.3. The second-order valence-corrected chi connectivity index (χ2v) is 7.45. The molecule has 0 atom stereocenters. The van der Waals surface area contributed by atoms with Gasteiger partial charge in [-0.05, 0) is 43.9 Å². The van der Waals surface area contributed by atoms with Gasteiger partial charge in [-0.25, -0.2) is 14.6 Å². The first-order valence-electron chi connectivity index (χ1n) is 9.78. The van der Waals surface area contributed by atoms with E-state index in [1.165, 1.54) is 4.57 Å². The number of nitrogens with zero attached hydrogens (tertiary/aromatic N) is 3. The molecule has 0 amide bonds. The number of carbonyl (C=O) groups is 1. The van der Waals surface area contributed by atoms with Crippen molar-refractivity contribution >= 4 is 17.0 Å². The SMILES string of the molecule is CCOC(=O)c1cc(C2CC2)nc2c1c(=O)n(Cc1ccccc1C)c(=O)n2C. The lowest BCUT2D eigenvalue weighted by molar-refractivity contribution is 0.0528. The molecule has 0 spiro atoms. The van der Waals surface area contributed by atoms with Gasteiger partial charge in [0.25, 0.3) is 5.56 Å². The third kappa shape index (κ3) is 3.37. The van der Waals surface area contributed by atoms with E-state index in [9.17, 15) is 14.4 Å². The molecule has 150 valence electrons. The molecule has 1 aromatic carbocycles. The molecule has 7 nitrogen and oxygen atoms in total. The second kappa shape index (κ2) is 7.31. The summed E-state index contributed by atoms with van der Waals surface area (Å²) in [6.07, 6.45) is 1.97. The predicted molar refractivity (Wildman–Crippen MR) is 109 cm³/mol. The van der Waals surface area contributed by atoms with Crippen LogP contribution in [0, 0.1) is 6.92 Å². The number of aryl methyl sites for hydroxylation is 2. The van der Waals surface area contributed by atoms with E-state index in [4.69, 9.17) is 4.74 Å². The summed E-state index contributed by atoms with van der Waals surface area (Å²) in [6.45, 7) is 3.97. The molecule has 1 aliphatic rings. The average Bonchev–Trinajstić information content (AvgIpc) is 3.55. The number of benzene rings is 1. The maximum Gasteiger partial charge on any atom is 0.339 e. The standard InChI is InChI=1S/C22H23N3O4/c1-4-29-21(27)16-11-17(14-9-10-14)23-19-18(16)20(26)25(22(28)24(19)3)12-15-8-6-5-7-13(15)2/h5-8,11,14H,4,9-10,12H2,1-3H3. The second-order valence-electron chi connectivity index (χ2n) is 7.45. The highest BCUT2D eigenvalue weighted by atomic mass is 16.5. The Labute approximate surface area is 167 Å². The van der Waals surface area contributed by atoms with E-state index in [1.54, 1.807) is 20.0 Å². The molecule has 0 saturated heterocycles. The number of carbonyl (C=O) groups excluding carboxylic acids is 1. The highest BCUT2D eigenvalue weighted by molar-refractivity contribution is 6.02. The Morgan fingerprint density at radius 1 is 1.24 bits per heavy atom. The lowest BCUT2D eigenvalue weighted by Crippen LogP contribution is -2.40. The number of fused-ring (bicyclic) bond motifs is 1. The first-order valence-corrected chi connectivity index (χ1v) is 9.78. The van der Waals surface area contributed by atoms with Crippen molar-refractivity contribution in [1.82, 2.24) is 14.1 Å². The zero-order valence-corrected chi connectivity index (χ0v) is 16.8. The molecule has 1 saturated carbocycles. The fraction of sp³-hybridized carbons (Fsp3) is 0.364. The third-order valence-corrected chi connectivity index (χ3v) is 5.40. The van der Waals surface area contributed by atoms with Gasteiger partial charge in [-0.2, -0.15) is 0 Å². The molecule has 1 fully saturated rings. The van der Waals surface area contributed by atoms with Gasteiger partial charge in [-0.15, -0.1) is 0 Å². The quantitative estimate of drug-likeness (QED) is 0.622. The Morgan fingerprint density at radius 3 is 2.62 bits per heavy atom. The number of esters is 1. The minimum Gasteiger partial charge on any atom is -0.462 e. The molecule has 0 unspecified atom stereocenters.